The van der Waals surface area contributed by atoms with Crippen LogP contribution < -0.4 is 5.32 Å². The molecule has 2 rings (SSSR count). The number of carbonyl (C=O) groups is 1. The lowest BCUT2D eigenvalue weighted by molar-refractivity contribution is -0.120. The summed E-state index contributed by atoms with van der Waals surface area (Å²) in [4.78, 5) is 16.0. The predicted octanol–water partition coefficient (Wildman–Crippen LogP) is 3.09. The second-order valence-electron chi connectivity index (χ2n) is 5.01. The molecule has 0 spiro atoms. The van der Waals surface area contributed by atoms with Crippen LogP contribution >= 0.6 is 23.2 Å². The third-order valence-corrected chi connectivity index (χ3v) is 3.54. The maximum atomic E-state index is 11.9. The Morgan fingerprint density at radius 1 is 1.27 bits per heavy atom. The van der Waals surface area contributed by atoms with Gasteiger partial charge in [-0.2, -0.15) is 0 Å². The zero-order chi connectivity index (χ0) is 16.1. The highest BCUT2D eigenvalue weighted by Gasteiger charge is 2.11. The van der Waals surface area contributed by atoms with Crippen molar-refractivity contribution in [3.63, 3.8) is 0 Å². The lowest BCUT2D eigenvalue weighted by Crippen LogP contribution is -2.29. The van der Waals surface area contributed by atoms with Gasteiger partial charge in [0.25, 0.3) is 0 Å². The number of pyridine rings is 1. The molecule has 1 aromatic carbocycles. The molecule has 0 fully saturated rings. The molecule has 1 aromatic heterocycles. The number of nitrogens with one attached hydrogen (secondary N) is 1. The van der Waals surface area contributed by atoms with Crippen molar-refractivity contribution in [2.75, 3.05) is 6.54 Å². The van der Waals surface area contributed by atoms with Crippen LogP contribution in [0.15, 0.2) is 36.5 Å². The van der Waals surface area contributed by atoms with E-state index in [4.69, 9.17) is 23.2 Å². The standard InChI is InChI=1S/C16H16Cl2N2O2/c1-10-2-3-11(8-19-10)4-16(22)20-9-15(21)12-5-13(17)7-14(18)6-12/h2-3,5-8,15,21H,4,9H2,1H3,(H,20,22). The topological polar surface area (TPSA) is 62.2 Å². The Labute approximate surface area is 139 Å². The van der Waals surface area contributed by atoms with Crippen LogP contribution in [-0.4, -0.2) is 22.5 Å². The van der Waals surface area contributed by atoms with Gasteiger partial charge in [-0.05, 0) is 42.3 Å². The van der Waals surface area contributed by atoms with E-state index in [1.807, 2.05) is 19.1 Å². The van der Waals surface area contributed by atoms with Crippen LogP contribution in [-0.2, 0) is 11.2 Å². The fraction of sp³-hybridized carbons (Fsp3) is 0.250. The van der Waals surface area contributed by atoms with Crippen LogP contribution in [0.1, 0.15) is 22.9 Å². The van der Waals surface area contributed by atoms with Crippen molar-refractivity contribution in [2.24, 2.45) is 0 Å². The molecule has 2 aromatic rings. The smallest absolute Gasteiger partial charge is 0.224 e. The fourth-order valence-electron chi connectivity index (χ4n) is 1.95. The van der Waals surface area contributed by atoms with Crippen LogP contribution in [0, 0.1) is 6.92 Å². The SMILES string of the molecule is Cc1ccc(CC(=O)NCC(O)c2cc(Cl)cc(Cl)c2)cn1. The number of aromatic nitrogens is 1. The first-order valence-electron chi connectivity index (χ1n) is 6.76. The Morgan fingerprint density at radius 2 is 1.95 bits per heavy atom. The molecule has 0 bridgehead atoms. The Kier molecular flexibility index (Phi) is 5.77. The quantitative estimate of drug-likeness (QED) is 0.880. The molecule has 6 heteroatoms. The minimum absolute atomic E-state index is 0.0921. The molecule has 0 saturated carbocycles. The number of amides is 1. The summed E-state index contributed by atoms with van der Waals surface area (Å²) in [6.07, 6.45) is 1.02. The van der Waals surface area contributed by atoms with Gasteiger partial charge in [-0.15, -0.1) is 0 Å². The van der Waals surface area contributed by atoms with Gasteiger partial charge < -0.3 is 10.4 Å². The monoisotopic (exact) mass is 338 g/mol. The van der Waals surface area contributed by atoms with Crippen molar-refractivity contribution in [1.82, 2.24) is 10.3 Å². The molecule has 2 N–H and O–H groups in total. The fourth-order valence-corrected chi connectivity index (χ4v) is 2.49. The van der Waals surface area contributed by atoms with E-state index in [9.17, 15) is 9.90 Å². The third-order valence-electron chi connectivity index (χ3n) is 3.10. The zero-order valence-corrected chi connectivity index (χ0v) is 13.5. The summed E-state index contributed by atoms with van der Waals surface area (Å²) in [5, 5.41) is 13.6. The molecule has 0 saturated heterocycles. The highest BCUT2D eigenvalue weighted by Crippen LogP contribution is 2.23. The molecule has 22 heavy (non-hydrogen) atoms. The van der Waals surface area contributed by atoms with E-state index in [0.29, 0.717) is 15.6 Å². The summed E-state index contributed by atoms with van der Waals surface area (Å²) in [6, 6.07) is 8.53. The molecule has 4 nitrogen and oxygen atoms in total. The van der Waals surface area contributed by atoms with Gasteiger partial charge in [0.15, 0.2) is 0 Å². The number of rotatable bonds is 5. The average molecular weight is 339 g/mol. The lowest BCUT2D eigenvalue weighted by atomic mass is 10.1. The van der Waals surface area contributed by atoms with E-state index >= 15 is 0 Å². The Morgan fingerprint density at radius 3 is 2.55 bits per heavy atom. The molecular formula is C16H16Cl2N2O2. The van der Waals surface area contributed by atoms with Gasteiger partial charge in [-0.3, -0.25) is 9.78 Å². The summed E-state index contributed by atoms with van der Waals surface area (Å²) in [5.41, 5.74) is 2.29. The van der Waals surface area contributed by atoms with E-state index < -0.39 is 6.10 Å². The van der Waals surface area contributed by atoms with Crippen molar-refractivity contribution in [1.29, 1.82) is 0 Å². The number of halogens is 2. The van der Waals surface area contributed by atoms with Crippen molar-refractivity contribution in [3.05, 3.63) is 63.4 Å². The van der Waals surface area contributed by atoms with Crippen LogP contribution in [0.4, 0.5) is 0 Å². The van der Waals surface area contributed by atoms with Gasteiger partial charge in [0.05, 0.1) is 12.5 Å². The molecule has 116 valence electrons. The highest BCUT2D eigenvalue weighted by atomic mass is 35.5. The third kappa shape index (κ3) is 4.98. The minimum Gasteiger partial charge on any atom is -0.387 e. The number of hydrogen-bond donors (Lipinski definition) is 2. The summed E-state index contributed by atoms with van der Waals surface area (Å²) >= 11 is 11.8. The molecule has 0 aliphatic carbocycles. The second kappa shape index (κ2) is 7.58. The van der Waals surface area contributed by atoms with E-state index in [0.717, 1.165) is 11.3 Å². The van der Waals surface area contributed by atoms with Gasteiger partial charge in [0.2, 0.25) is 5.91 Å². The number of carbonyl (C=O) groups excluding carboxylic acids is 1. The summed E-state index contributed by atoms with van der Waals surface area (Å²) < 4.78 is 0. The lowest BCUT2D eigenvalue weighted by Gasteiger charge is -2.13. The molecule has 1 heterocycles. The van der Waals surface area contributed by atoms with Crippen molar-refractivity contribution >= 4 is 29.1 Å². The Balaban J connectivity index is 1.88. The van der Waals surface area contributed by atoms with E-state index in [1.54, 1.807) is 24.4 Å². The zero-order valence-electron chi connectivity index (χ0n) is 12.0. The number of hydrogen-bond acceptors (Lipinski definition) is 3. The van der Waals surface area contributed by atoms with Gasteiger partial charge >= 0.3 is 0 Å². The number of aliphatic hydroxyl groups is 1. The normalized spacial score (nSPS) is 12.0. The number of aliphatic hydroxyl groups excluding tert-OH is 1. The van der Waals surface area contributed by atoms with E-state index in [2.05, 4.69) is 10.3 Å². The van der Waals surface area contributed by atoms with E-state index in [-0.39, 0.29) is 18.9 Å². The van der Waals surface area contributed by atoms with Crippen LogP contribution in [0.5, 0.6) is 0 Å². The Hall–Kier alpha value is -1.62. The number of benzene rings is 1. The molecule has 0 aliphatic rings. The summed E-state index contributed by atoms with van der Waals surface area (Å²) in [7, 11) is 0. The number of nitrogens with zero attached hydrogens (tertiary/aromatic N) is 1. The van der Waals surface area contributed by atoms with Crippen molar-refractivity contribution < 1.29 is 9.90 Å². The first-order valence-corrected chi connectivity index (χ1v) is 7.52. The van der Waals surface area contributed by atoms with Crippen molar-refractivity contribution in [2.45, 2.75) is 19.4 Å². The van der Waals surface area contributed by atoms with Gasteiger partial charge in [0.1, 0.15) is 0 Å². The second-order valence-corrected chi connectivity index (χ2v) is 5.88. The molecule has 1 atom stereocenters. The maximum Gasteiger partial charge on any atom is 0.224 e. The first kappa shape index (κ1) is 16.7. The van der Waals surface area contributed by atoms with E-state index in [1.165, 1.54) is 0 Å². The Bertz CT molecular complexity index is 639. The first-order chi connectivity index (χ1) is 10.4. The molecule has 0 radical (unpaired) electrons. The van der Waals surface area contributed by atoms with Gasteiger partial charge in [-0.25, -0.2) is 0 Å². The molecule has 1 amide bonds. The van der Waals surface area contributed by atoms with Gasteiger partial charge in [-0.1, -0.05) is 29.3 Å². The van der Waals surface area contributed by atoms with Gasteiger partial charge in [0, 0.05) is 28.5 Å². The van der Waals surface area contributed by atoms with Crippen LogP contribution in [0.2, 0.25) is 10.0 Å². The molecule has 0 aliphatic heterocycles. The molecule has 1 unspecified atom stereocenters. The van der Waals surface area contributed by atoms with Crippen LogP contribution in [0.3, 0.4) is 0 Å². The largest absolute Gasteiger partial charge is 0.387 e. The number of aryl methyl sites for hydroxylation is 1. The minimum atomic E-state index is -0.865. The molecular weight excluding hydrogens is 323 g/mol. The summed E-state index contributed by atoms with van der Waals surface area (Å²) in [6.45, 7) is 1.98. The van der Waals surface area contributed by atoms with Crippen molar-refractivity contribution in [3.8, 4) is 0 Å². The highest BCUT2D eigenvalue weighted by molar-refractivity contribution is 6.34. The predicted molar refractivity (Wildman–Crippen MR) is 87.1 cm³/mol. The van der Waals surface area contributed by atoms with Crippen LogP contribution in [0.25, 0.3) is 0 Å². The average Bonchev–Trinajstić information content (AvgIpc) is 2.46. The maximum absolute atomic E-state index is 11.9. The summed E-state index contributed by atoms with van der Waals surface area (Å²) in [5.74, 6) is -0.183.